The Morgan fingerprint density at radius 2 is 1.40 bits per heavy atom. The van der Waals surface area contributed by atoms with Gasteiger partial charge in [0.1, 0.15) is 6.54 Å². The minimum absolute atomic E-state index is 0.312. The lowest BCUT2D eigenvalue weighted by Crippen LogP contribution is -2.27. The number of carbonyl (C=O) groups excluding carboxylic acids is 1. The summed E-state index contributed by atoms with van der Waals surface area (Å²) in [6.45, 7) is -0.312. The van der Waals surface area contributed by atoms with E-state index in [4.69, 9.17) is 5.11 Å². The van der Waals surface area contributed by atoms with Crippen molar-refractivity contribution in [1.82, 2.24) is 0 Å². The van der Waals surface area contributed by atoms with E-state index in [9.17, 15) is 29.8 Å². The van der Waals surface area contributed by atoms with Crippen LogP contribution in [0, 0.1) is 20.2 Å². The molecule has 1 amide bonds. The highest BCUT2D eigenvalue weighted by Crippen LogP contribution is 2.24. The summed E-state index contributed by atoms with van der Waals surface area (Å²) in [5.74, 6) is -1.03. The number of benzene rings is 2. The molecular weight excluding hydrogens is 334 g/mol. The summed E-state index contributed by atoms with van der Waals surface area (Å²) in [6.07, 6.45) is 0.503. The van der Waals surface area contributed by atoms with Crippen molar-refractivity contribution in [3.63, 3.8) is 0 Å². The molecule has 1 N–H and O–H groups in total. The molecule has 0 heterocycles. The second-order valence-corrected chi connectivity index (χ2v) is 4.47. The van der Waals surface area contributed by atoms with E-state index < -0.39 is 27.2 Å². The van der Waals surface area contributed by atoms with Gasteiger partial charge in [0.15, 0.2) is 0 Å². The van der Waals surface area contributed by atoms with Gasteiger partial charge < -0.3 is 10.0 Å². The minimum atomic E-state index is -1.03. The smallest absolute Gasteiger partial charge is 0.346 e. The van der Waals surface area contributed by atoms with Crippen molar-refractivity contribution in [1.29, 1.82) is 0 Å². The maximum absolute atomic E-state index is 10.5. The van der Waals surface area contributed by atoms with Gasteiger partial charge in [-0.05, 0) is 12.1 Å². The molecule has 10 nitrogen and oxygen atoms in total. The lowest BCUT2D eigenvalue weighted by atomic mass is 10.3. The first-order valence-electron chi connectivity index (χ1n) is 6.73. The van der Waals surface area contributed by atoms with Crippen molar-refractivity contribution in [2.75, 3.05) is 11.4 Å². The van der Waals surface area contributed by atoms with Crippen LogP contribution >= 0.6 is 0 Å². The number of para-hydroxylation sites is 3. The molecule has 0 radical (unpaired) electrons. The van der Waals surface area contributed by atoms with Crippen molar-refractivity contribution < 1.29 is 24.5 Å². The van der Waals surface area contributed by atoms with Crippen molar-refractivity contribution >= 4 is 29.4 Å². The highest BCUT2D eigenvalue weighted by Gasteiger charge is 2.21. The molecule has 2 rings (SSSR count). The van der Waals surface area contributed by atoms with Crippen LogP contribution < -0.4 is 4.90 Å². The number of anilines is 1. The third-order valence-corrected chi connectivity index (χ3v) is 2.80. The topological polar surface area (TPSA) is 144 Å². The molecule has 0 atom stereocenters. The number of carboxylic acid groups (broad SMARTS) is 1. The predicted molar refractivity (Wildman–Crippen MR) is 87.2 cm³/mol. The average Bonchev–Trinajstić information content (AvgIpc) is 2.60. The van der Waals surface area contributed by atoms with Gasteiger partial charge in [-0.1, -0.05) is 30.3 Å². The van der Waals surface area contributed by atoms with Crippen molar-refractivity contribution in [3.8, 4) is 0 Å². The van der Waals surface area contributed by atoms with Crippen LogP contribution in [0.1, 0.15) is 0 Å². The summed E-state index contributed by atoms with van der Waals surface area (Å²) >= 11 is 0. The Morgan fingerprint density at radius 3 is 1.76 bits per heavy atom. The molecule has 10 heteroatoms. The predicted octanol–water partition coefficient (Wildman–Crippen LogP) is 2.24. The number of carboxylic acids is 1. The molecular formula is C15H13N3O7. The van der Waals surface area contributed by atoms with Crippen LogP contribution in [0.5, 0.6) is 0 Å². The quantitative estimate of drug-likeness (QED) is 0.479. The van der Waals surface area contributed by atoms with Gasteiger partial charge in [-0.3, -0.25) is 29.8 Å². The average molecular weight is 347 g/mol. The van der Waals surface area contributed by atoms with E-state index in [1.165, 1.54) is 12.1 Å². The van der Waals surface area contributed by atoms with E-state index in [0.717, 1.165) is 17.0 Å². The third kappa shape index (κ3) is 6.06. The summed E-state index contributed by atoms with van der Waals surface area (Å²) in [7, 11) is 0. The van der Waals surface area contributed by atoms with Gasteiger partial charge in [0.2, 0.25) is 6.41 Å². The number of aliphatic carboxylic acids is 1. The second-order valence-electron chi connectivity index (χ2n) is 4.47. The SMILES string of the molecule is O=CN(CC(=O)O)c1ccccc1.O=[N+]([O-])c1ccccc1[N+](=O)[O-]. The van der Waals surface area contributed by atoms with Crippen LogP contribution in [-0.4, -0.2) is 33.9 Å². The standard InChI is InChI=1S/C9H9NO3.C6H4N2O4/c11-7-10(6-9(12)13)8-4-2-1-3-5-8;9-7(10)5-3-1-2-4-6(5)8(11)12/h1-5,7H,6H2,(H,12,13);1-4H. The van der Waals surface area contributed by atoms with E-state index in [-0.39, 0.29) is 6.54 Å². The maximum atomic E-state index is 10.5. The highest BCUT2D eigenvalue weighted by atomic mass is 16.6. The molecule has 130 valence electrons. The summed E-state index contributed by atoms with van der Waals surface area (Å²) in [6, 6.07) is 13.6. The van der Waals surface area contributed by atoms with Gasteiger partial charge >= 0.3 is 17.3 Å². The Labute approximate surface area is 141 Å². The summed E-state index contributed by atoms with van der Waals surface area (Å²) < 4.78 is 0. The number of nitro benzene ring substituents is 2. The lowest BCUT2D eigenvalue weighted by molar-refractivity contribution is -0.422. The Morgan fingerprint density at radius 1 is 0.960 bits per heavy atom. The fourth-order valence-electron chi connectivity index (χ4n) is 1.73. The molecule has 0 aliphatic carbocycles. The number of hydrogen-bond donors (Lipinski definition) is 1. The molecule has 0 bridgehead atoms. The van der Waals surface area contributed by atoms with E-state index in [1.807, 2.05) is 0 Å². The highest BCUT2D eigenvalue weighted by molar-refractivity contribution is 5.84. The fourth-order valence-corrected chi connectivity index (χ4v) is 1.73. The van der Waals surface area contributed by atoms with Crippen molar-refractivity contribution in [2.24, 2.45) is 0 Å². The number of rotatable bonds is 6. The third-order valence-electron chi connectivity index (χ3n) is 2.80. The van der Waals surface area contributed by atoms with Crippen molar-refractivity contribution in [3.05, 3.63) is 74.8 Å². The first-order valence-corrected chi connectivity index (χ1v) is 6.73. The zero-order valence-electron chi connectivity index (χ0n) is 12.7. The van der Waals surface area contributed by atoms with E-state index in [2.05, 4.69) is 0 Å². The first kappa shape index (κ1) is 19.2. The molecule has 25 heavy (non-hydrogen) atoms. The number of amides is 1. The monoisotopic (exact) mass is 347 g/mol. The van der Waals surface area contributed by atoms with Crippen molar-refractivity contribution in [2.45, 2.75) is 0 Å². The minimum Gasteiger partial charge on any atom is -0.480 e. The molecule has 2 aromatic rings. The number of nitrogens with zero attached hydrogens (tertiary/aromatic N) is 3. The first-order chi connectivity index (χ1) is 11.9. The van der Waals surface area contributed by atoms with Gasteiger partial charge in [0.25, 0.3) is 0 Å². The van der Waals surface area contributed by atoms with Crippen LogP contribution in [0.2, 0.25) is 0 Å². The van der Waals surface area contributed by atoms with Crippen LogP contribution in [0.15, 0.2) is 54.6 Å². The largest absolute Gasteiger partial charge is 0.480 e. The van der Waals surface area contributed by atoms with E-state index >= 15 is 0 Å². The molecule has 0 unspecified atom stereocenters. The van der Waals surface area contributed by atoms with Crippen LogP contribution in [0.4, 0.5) is 17.1 Å². The molecule has 0 saturated carbocycles. The Kier molecular flexibility index (Phi) is 7.19. The molecule has 0 aliphatic heterocycles. The van der Waals surface area contributed by atoms with Crippen LogP contribution in [-0.2, 0) is 9.59 Å². The molecule has 0 fully saturated rings. The van der Waals surface area contributed by atoms with Gasteiger partial charge in [-0.15, -0.1) is 0 Å². The van der Waals surface area contributed by atoms with Gasteiger partial charge in [0, 0.05) is 17.8 Å². The summed E-state index contributed by atoms with van der Waals surface area (Å²) in [5.41, 5.74) is -0.384. The zero-order chi connectivity index (χ0) is 18.8. The molecule has 2 aromatic carbocycles. The number of nitro groups is 2. The Balaban J connectivity index is 0.000000251. The maximum Gasteiger partial charge on any atom is 0.346 e. The Hall–Kier alpha value is -3.82. The van der Waals surface area contributed by atoms with Gasteiger partial charge in [0.05, 0.1) is 9.85 Å². The van der Waals surface area contributed by atoms with E-state index in [1.54, 1.807) is 30.3 Å². The Bertz CT molecular complexity index is 732. The van der Waals surface area contributed by atoms with E-state index in [0.29, 0.717) is 12.1 Å². The summed E-state index contributed by atoms with van der Waals surface area (Å²) in [5, 5.41) is 28.9. The fraction of sp³-hybridized carbons (Fsp3) is 0.0667. The van der Waals surface area contributed by atoms with Crippen LogP contribution in [0.25, 0.3) is 0 Å². The van der Waals surface area contributed by atoms with Gasteiger partial charge in [-0.25, -0.2) is 0 Å². The molecule has 0 spiro atoms. The molecule has 0 aliphatic rings. The molecule has 0 aromatic heterocycles. The lowest BCUT2D eigenvalue weighted by Gasteiger charge is -2.13. The molecule has 0 saturated heterocycles. The summed E-state index contributed by atoms with van der Waals surface area (Å²) in [4.78, 5) is 40.9. The second kappa shape index (κ2) is 9.35. The number of carbonyl (C=O) groups is 2. The van der Waals surface area contributed by atoms with Gasteiger partial charge in [-0.2, -0.15) is 0 Å². The zero-order valence-corrected chi connectivity index (χ0v) is 12.7. The normalized spacial score (nSPS) is 9.28. The van der Waals surface area contributed by atoms with Crippen LogP contribution in [0.3, 0.4) is 0 Å². The number of hydrogen-bond acceptors (Lipinski definition) is 6.